The lowest BCUT2D eigenvalue weighted by Gasteiger charge is -2.01. The molecule has 2 heterocycles. The SMILES string of the molecule is Cc1ccc(-c2ccsc2C(=O)N=Nc2c(O)[nH]c3ccccc23)cc1. The van der Waals surface area contributed by atoms with Crippen LogP contribution in [-0.4, -0.2) is 16.0 Å². The molecule has 0 fully saturated rings. The van der Waals surface area contributed by atoms with Gasteiger partial charge < -0.3 is 10.1 Å². The first-order valence-electron chi connectivity index (χ1n) is 8.04. The predicted molar refractivity (Wildman–Crippen MR) is 103 cm³/mol. The summed E-state index contributed by atoms with van der Waals surface area (Å²) in [6, 6.07) is 17.2. The summed E-state index contributed by atoms with van der Waals surface area (Å²) in [6.07, 6.45) is 0. The maximum atomic E-state index is 12.6. The summed E-state index contributed by atoms with van der Waals surface area (Å²) >= 11 is 1.33. The first-order valence-corrected chi connectivity index (χ1v) is 8.92. The Balaban J connectivity index is 1.67. The lowest BCUT2D eigenvalue weighted by molar-refractivity contribution is 0.0999. The molecule has 0 saturated carbocycles. The average molecular weight is 361 g/mol. The van der Waals surface area contributed by atoms with Gasteiger partial charge in [-0.1, -0.05) is 48.0 Å². The number of aromatic nitrogens is 1. The number of aryl methyl sites for hydroxylation is 1. The van der Waals surface area contributed by atoms with Gasteiger partial charge in [0.2, 0.25) is 5.88 Å². The standard InChI is InChI=1S/C20H15N3O2S/c1-12-6-8-13(9-7-12)14-10-11-26-18(14)20(25)23-22-17-15-4-2-3-5-16(15)21-19(17)24/h2-11,21,24H,1H3. The summed E-state index contributed by atoms with van der Waals surface area (Å²) < 4.78 is 0. The Hall–Kier alpha value is -3.25. The minimum Gasteiger partial charge on any atom is -0.493 e. The van der Waals surface area contributed by atoms with Crippen LogP contribution in [0.1, 0.15) is 15.2 Å². The smallest absolute Gasteiger partial charge is 0.306 e. The van der Waals surface area contributed by atoms with Crippen LogP contribution >= 0.6 is 11.3 Å². The number of fused-ring (bicyclic) bond motifs is 1. The Morgan fingerprint density at radius 3 is 2.65 bits per heavy atom. The number of carbonyl (C=O) groups excluding carboxylic acids is 1. The van der Waals surface area contributed by atoms with E-state index in [1.165, 1.54) is 11.3 Å². The number of hydrogen-bond acceptors (Lipinski definition) is 4. The molecule has 4 aromatic rings. The van der Waals surface area contributed by atoms with Crippen LogP contribution in [0.5, 0.6) is 5.88 Å². The number of nitrogens with zero attached hydrogens (tertiary/aromatic N) is 2. The highest BCUT2D eigenvalue weighted by Crippen LogP contribution is 2.36. The first-order chi connectivity index (χ1) is 12.6. The van der Waals surface area contributed by atoms with Crippen LogP contribution in [0.15, 0.2) is 70.2 Å². The molecule has 0 saturated heterocycles. The Bertz CT molecular complexity index is 1120. The van der Waals surface area contributed by atoms with Crippen molar-refractivity contribution >= 4 is 33.8 Å². The van der Waals surface area contributed by atoms with E-state index >= 15 is 0 Å². The molecule has 0 unspecified atom stereocenters. The number of para-hydroxylation sites is 1. The highest BCUT2D eigenvalue weighted by Gasteiger charge is 2.15. The van der Waals surface area contributed by atoms with Crippen molar-refractivity contribution in [3.05, 3.63) is 70.4 Å². The van der Waals surface area contributed by atoms with Crippen molar-refractivity contribution in [3.63, 3.8) is 0 Å². The van der Waals surface area contributed by atoms with E-state index in [1.807, 2.05) is 66.9 Å². The van der Waals surface area contributed by atoms with E-state index in [0.717, 1.165) is 22.2 Å². The monoisotopic (exact) mass is 361 g/mol. The predicted octanol–water partition coefficient (Wildman–Crippen LogP) is 5.83. The molecule has 0 spiro atoms. The Kier molecular flexibility index (Phi) is 4.10. The second-order valence-electron chi connectivity index (χ2n) is 5.90. The third kappa shape index (κ3) is 2.91. The molecule has 2 aromatic carbocycles. The number of nitrogens with one attached hydrogen (secondary N) is 1. The quantitative estimate of drug-likeness (QED) is 0.450. The van der Waals surface area contributed by atoms with Crippen LogP contribution in [0, 0.1) is 6.92 Å². The number of aromatic hydroxyl groups is 1. The summed E-state index contributed by atoms with van der Waals surface area (Å²) in [6.45, 7) is 2.02. The van der Waals surface area contributed by atoms with Crippen molar-refractivity contribution in [2.24, 2.45) is 10.2 Å². The van der Waals surface area contributed by atoms with Gasteiger partial charge in [0.25, 0.3) is 0 Å². The van der Waals surface area contributed by atoms with E-state index < -0.39 is 5.91 Å². The summed E-state index contributed by atoms with van der Waals surface area (Å²) in [4.78, 5) is 15.9. The highest BCUT2D eigenvalue weighted by atomic mass is 32.1. The number of thiophene rings is 1. The van der Waals surface area contributed by atoms with Gasteiger partial charge in [-0.2, -0.15) is 0 Å². The lowest BCUT2D eigenvalue weighted by atomic mass is 10.1. The average Bonchev–Trinajstić information content (AvgIpc) is 3.24. The number of H-pyrrole nitrogens is 1. The van der Waals surface area contributed by atoms with Gasteiger partial charge in [-0.15, -0.1) is 21.6 Å². The highest BCUT2D eigenvalue weighted by molar-refractivity contribution is 7.12. The molecule has 0 aliphatic rings. The normalized spacial score (nSPS) is 11.4. The third-order valence-corrected chi connectivity index (χ3v) is 5.02. The molecule has 2 aromatic heterocycles. The Morgan fingerprint density at radius 1 is 1.08 bits per heavy atom. The summed E-state index contributed by atoms with van der Waals surface area (Å²) in [5, 5.41) is 20.4. The van der Waals surface area contributed by atoms with E-state index in [2.05, 4.69) is 15.2 Å². The molecule has 4 rings (SSSR count). The minimum atomic E-state index is -0.430. The number of azo groups is 1. The van der Waals surface area contributed by atoms with Crippen molar-refractivity contribution in [2.45, 2.75) is 6.92 Å². The minimum absolute atomic E-state index is 0.104. The van der Waals surface area contributed by atoms with E-state index in [4.69, 9.17) is 0 Å². The molecule has 1 amide bonds. The zero-order valence-electron chi connectivity index (χ0n) is 13.9. The summed E-state index contributed by atoms with van der Waals surface area (Å²) in [5.74, 6) is -0.534. The first kappa shape index (κ1) is 16.2. The Labute approximate surface area is 153 Å². The molecule has 0 atom stereocenters. The van der Waals surface area contributed by atoms with Gasteiger partial charge in [-0.3, -0.25) is 4.79 Å². The van der Waals surface area contributed by atoms with Crippen molar-refractivity contribution in [1.82, 2.24) is 4.98 Å². The summed E-state index contributed by atoms with van der Waals surface area (Å²) in [5.41, 5.74) is 3.96. The number of hydrogen-bond donors (Lipinski definition) is 2. The van der Waals surface area contributed by atoms with Crippen LogP contribution in [-0.2, 0) is 0 Å². The van der Waals surface area contributed by atoms with Gasteiger partial charge in [-0.25, -0.2) is 0 Å². The van der Waals surface area contributed by atoms with Crippen molar-refractivity contribution in [3.8, 4) is 17.0 Å². The molecular formula is C20H15N3O2S. The van der Waals surface area contributed by atoms with E-state index in [0.29, 0.717) is 10.3 Å². The second-order valence-corrected chi connectivity index (χ2v) is 6.82. The molecule has 0 aliphatic heterocycles. The number of carbonyl (C=O) groups is 1. The molecule has 0 aliphatic carbocycles. The van der Waals surface area contributed by atoms with Gasteiger partial charge >= 0.3 is 5.91 Å². The number of rotatable bonds is 3. The summed E-state index contributed by atoms with van der Waals surface area (Å²) in [7, 11) is 0. The van der Waals surface area contributed by atoms with Crippen LogP contribution in [0.4, 0.5) is 5.69 Å². The zero-order chi connectivity index (χ0) is 18.1. The molecule has 2 N–H and O–H groups in total. The van der Waals surface area contributed by atoms with Crippen LogP contribution in [0.2, 0.25) is 0 Å². The molecule has 0 radical (unpaired) electrons. The third-order valence-electron chi connectivity index (χ3n) is 4.12. The van der Waals surface area contributed by atoms with Crippen LogP contribution < -0.4 is 0 Å². The fraction of sp³-hybridized carbons (Fsp3) is 0.0500. The van der Waals surface area contributed by atoms with Gasteiger partial charge in [0, 0.05) is 10.9 Å². The van der Waals surface area contributed by atoms with E-state index in [9.17, 15) is 9.90 Å². The fourth-order valence-electron chi connectivity index (χ4n) is 2.79. The van der Waals surface area contributed by atoms with Gasteiger partial charge in [0.1, 0.15) is 4.88 Å². The maximum absolute atomic E-state index is 12.6. The van der Waals surface area contributed by atoms with Gasteiger partial charge in [0.05, 0.1) is 5.52 Å². The number of amides is 1. The van der Waals surface area contributed by atoms with Crippen LogP contribution in [0.25, 0.3) is 22.0 Å². The van der Waals surface area contributed by atoms with Crippen LogP contribution in [0.3, 0.4) is 0 Å². The molecule has 6 heteroatoms. The molecule has 5 nitrogen and oxygen atoms in total. The number of aromatic amines is 1. The maximum Gasteiger partial charge on any atom is 0.306 e. The largest absolute Gasteiger partial charge is 0.493 e. The lowest BCUT2D eigenvalue weighted by Crippen LogP contribution is -1.92. The van der Waals surface area contributed by atoms with Crippen molar-refractivity contribution < 1.29 is 9.90 Å². The number of benzene rings is 2. The second kappa shape index (κ2) is 6.57. The van der Waals surface area contributed by atoms with Gasteiger partial charge in [-0.05, 0) is 30.0 Å². The molecular weight excluding hydrogens is 346 g/mol. The fourth-order valence-corrected chi connectivity index (χ4v) is 3.59. The molecule has 26 heavy (non-hydrogen) atoms. The molecule has 128 valence electrons. The molecule has 0 bridgehead atoms. The Morgan fingerprint density at radius 2 is 1.85 bits per heavy atom. The van der Waals surface area contributed by atoms with Crippen molar-refractivity contribution in [1.29, 1.82) is 0 Å². The van der Waals surface area contributed by atoms with E-state index in [1.54, 1.807) is 0 Å². The van der Waals surface area contributed by atoms with Crippen molar-refractivity contribution in [2.75, 3.05) is 0 Å². The topological polar surface area (TPSA) is 77.8 Å². The van der Waals surface area contributed by atoms with E-state index in [-0.39, 0.29) is 11.6 Å². The van der Waals surface area contributed by atoms with Gasteiger partial charge in [0.15, 0.2) is 5.69 Å². The zero-order valence-corrected chi connectivity index (χ0v) is 14.7.